The lowest BCUT2D eigenvalue weighted by atomic mass is 9.98. The molecule has 8 heteroatoms. The van der Waals surface area contributed by atoms with Crippen molar-refractivity contribution in [1.82, 2.24) is 5.32 Å². The molecule has 0 bridgehead atoms. The third-order valence-electron chi connectivity index (χ3n) is 6.41. The van der Waals surface area contributed by atoms with Crippen LogP contribution in [0.25, 0.3) is 0 Å². The number of nitrogens with one attached hydrogen (secondary N) is 2. The molecule has 1 aliphatic heterocycles. The summed E-state index contributed by atoms with van der Waals surface area (Å²) in [6.07, 6.45) is -2.95. The molecule has 2 amide bonds. The molecule has 0 aliphatic carbocycles. The predicted octanol–water partition coefficient (Wildman–Crippen LogP) is 6.05. The molecular formula is C28H28F3N3O2. The lowest BCUT2D eigenvalue weighted by molar-refractivity contribution is -0.137. The van der Waals surface area contributed by atoms with Crippen LogP contribution in [0.3, 0.4) is 0 Å². The average molecular weight is 496 g/mol. The molecule has 5 nitrogen and oxygen atoms in total. The van der Waals surface area contributed by atoms with Crippen molar-refractivity contribution >= 4 is 23.2 Å². The first-order valence-electron chi connectivity index (χ1n) is 11.9. The molecule has 3 aromatic carbocycles. The second kappa shape index (κ2) is 10.4. The molecule has 0 saturated heterocycles. The summed E-state index contributed by atoms with van der Waals surface area (Å²) in [5.41, 5.74) is 2.92. The summed E-state index contributed by atoms with van der Waals surface area (Å²) in [6.45, 7) is 5.26. The van der Waals surface area contributed by atoms with Gasteiger partial charge in [0.25, 0.3) is 11.8 Å². The Morgan fingerprint density at radius 3 is 2.44 bits per heavy atom. The lowest BCUT2D eigenvalue weighted by Gasteiger charge is -2.32. The molecule has 0 fully saturated rings. The fourth-order valence-corrected chi connectivity index (χ4v) is 4.22. The van der Waals surface area contributed by atoms with E-state index in [0.29, 0.717) is 17.8 Å². The third kappa shape index (κ3) is 5.70. The Labute approximate surface area is 208 Å². The van der Waals surface area contributed by atoms with E-state index in [1.54, 1.807) is 18.2 Å². The number of nitrogens with zero attached hydrogens (tertiary/aromatic N) is 1. The van der Waals surface area contributed by atoms with E-state index < -0.39 is 17.6 Å². The van der Waals surface area contributed by atoms with Crippen molar-refractivity contribution in [2.45, 2.75) is 45.5 Å². The fourth-order valence-electron chi connectivity index (χ4n) is 4.22. The lowest BCUT2D eigenvalue weighted by Crippen LogP contribution is -2.35. The number of hydrogen-bond acceptors (Lipinski definition) is 3. The van der Waals surface area contributed by atoms with Gasteiger partial charge >= 0.3 is 6.18 Å². The van der Waals surface area contributed by atoms with Crippen molar-refractivity contribution in [1.29, 1.82) is 0 Å². The van der Waals surface area contributed by atoms with Gasteiger partial charge in [-0.1, -0.05) is 37.3 Å². The molecule has 1 atom stereocenters. The minimum absolute atomic E-state index is 0.0456. The van der Waals surface area contributed by atoms with Gasteiger partial charge in [-0.3, -0.25) is 9.59 Å². The van der Waals surface area contributed by atoms with Crippen LogP contribution in [0.4, 0.5) is 24.5 Å². The Morgan fingerprint density at radius 2 is 1.72 bits per heavy atom. The number of halogens is 3. The number of fused-ring (bicyclic) bond motifs is 1. The SMILES string of the molecule is CCC(C)NC(=O)c1cc(NC(=O)c2cccc(C(F)(F)F)c2)ccc1N1CCc2ccccc2C1. The number of anilines is 2. The molecule has 36 heavy (non-hydrogen) atoms. The van der Waals surface area contributed by atoms with Crippen LogP contribution in [0, 0.1) is 0 Å². The number of amides is 2. The van der Waals surface area contributed by atoms with Crippen molar-refractivity contribution in [2.24, 2.45) is 0 Å². The maximum absolute atomic E-state index is 13.2. The Kier molecular flexibility index (Phi) is 7.33. The fraction of sp³-hybridized carbons (Fsp3) is 0.286. The standard InChI is InChI=1S/C28H28F3N3O2/c1-3-18(2)32-27(36)24-16-23(33-26(35)20-9-6-10-22(15-20)28(29,30)31)11-12-25(24)34-14-13-19-7-4-5-8-21(19)17-34/h4-12,15-16,18H,3,13-14,17H2,1-2H3,(H,32,36)(H,33,35). The first-order chi connectivity index (χ1) is 17.2. The molecule has 0 saturated carbocycles. The Morgan fingerprint density at radius 1 is 0.972 bits per heavy atom. The number of hydrogen-bond donors (Lipinski definition) is 2. The molecule has 0 aromatic heterocycles. The summed E-state index contributed by atoms with van der Waals surface area (Å²) >= 11 is 0. The smallest absolute Gasteiger partial charge is 0.366 e. The van der Waals surface area contributed by atoms with E-state index in [1.807, 2.05) is 26.0 Å². The highest BCUT2D eigenvalue weighted by atomic mass is 19.4. The second-order valence-electron chi connectivity index (χ2n) is 8.99. The van der Waals surface area contributed by atoms with Crippen LogP contribution in [0.2, 0.25) is 0 Å². The molecule has 1 heterocycles. The van der Waals surface area contributed by atoms with E-state index in [4.69, 9.17) is 0 Å². The van der Waals surface area contributed by atoms with Gasteiger partial charge in [0, 0.05) is 36.1 Å². The largest absolute Gasteiger partial charge is 0.416 e. The molecule has 1 aliphatic rings. The van der Waals surface area contributed by atoms with Crippen molar-refractivity contribution in [3.63, 3.8) is 0 Å². The van der Waals surface area contributed by atoms with E-state index in [1.165, 1.54) is 23.3 Å². The third-order valence-corrected chi connectivity index (χ3v) is 6.41. The van der Waals surface area contributed by atoms with Crippen LogP contribution in [0.1, 0.15) is 57.7 Å². The van der Waals surface area contributed by atoms with Gasteiger partial charge in [-0.25, -0.2) is 0 Å². The van der Waals surface area contributed by atoms with Crippen molar-refractivity contribution in [3.05, 3.63) is 94.5 Å². The number of rotatable bonds is 6. The summed E-state index contributed by atoms with van der Waals surface area (Å²) in [7, 11) is 0. The molecule has 0 spiro atoms. The van der Waals surface area contributed by atoms with Crippen molar-refractivity contribution < 1.29 is 22.8 Å². The van der Waals surface area contributed by atoms with Gasteiger partial charge in [0.05, 0.1) is 11.1 Å². The molecule has 0 radical (unpaired) electrons. The van der Waals surface area contributed by atoms with Crippen LogP contribution in [-0.4, -0.2) is 24.4 Å². The summed E-state index contributed by atoms with van der Waals surface area (Å²) in [6, 6.07) is 17.4. The zero-order chi connectivity index (χ0) is 25.9. The molecule has 4 rings (SSSR count). The number of alkyl halides is 3. The zero-order valence-corrected chi connectivity index (χ0v) is 20.2. The van der Waals surface area contributed by atoms with Gasteiger partial charge in [-0.05, 0) is 67.3 Å². The van der Waals surface area contributed by atoms with Gasteiger partial charge < -0.3 is 15.5 Å². The summed E-state index contributed by atoms with van der Waals surface area (Å²) in [5, 5.41) is 5.62. The highest BCUT2D eigenvalue weighted by Gasteiger charge is 2.31. The highest BCUT2D eigenvalue weighted by Crippen LogP contribution is 2.31. The van der Waals surface area contributed by atoms with E-state index in [2.05, 4.69) is 27.7 Å². The summed E-state index contributed by atoms with van der Waals surface area (Å²) in [5.74, 6) is -0.956. The minimum Gasteiger partial charge on any atom is -0.366 e. The van der Waals surface area contributed by atoms with Crippen LogP contribution in [-0.2, 0) is 19.1 Å². The Bertz CT molecular complexity index is 1270. The number of carbonyl (C=O) groups is 2. The van der Waals surface area contributed by atoms with E-state index in [9.17, 15) is 22.8 Å². The first-order valence-corrected chi connectivity index (χ1v) is 11.9. The molecular weight excluding hydrogens is 467 g/mol. The number of benzene rings is 3. The van der Waals surface area contributed by atoms with Crippen LogP contribution >= 0.6 is 0 Å². The van der Waals surface area contributed by atoms with E-state index in [0.717, 1.165) is 37.2 Å². The maximum atomic E-state index is 13.2. The molecule has 2 N–H and O–H groups in total. The zero-order valence-electron chi connectivity index (χ0n) is 20.2. The molecule has 188 valence electrons. The van der Waals surface area contributed by atoms with Gasteiger partial charge in [0.1, 0.15) is 0 Å². The van der Waals surface area contributed by atoms with Crippen LogP contribution in [0.15, 0.2) is 66.7 Å². The average Bonchev–Trinajstić information content (AvgIpc) is 2.87. The van der Waals surface area contributed by atoms with Crippen LogP contribution < -0.4 is 15.5 Å². The van der Waals surface area contributed by atoms with Gasteiger partial charge in [0.15, 0.2) is 0 Å². The predicted molar refractivity (Wildman–Crippen MR) is 134 cm³/mol. The minimum atomic E-state index is -4.55. The monoisotopic (exact) mass is 495 g/mol. The van der Waals surface area contributed by atoms with Gasteiger partial charge in [0.2, 0.25) is 0 Å². The quantitative estimate of drug-likeness (QED) is 0.438. The first kappa shape index (κ1) is 25.3. The van der Waals surface area contributed by atoms with Crippen molar-refractivity contribution in [3.8, 4) is 0 Å². The second-order valence-corrected chi connectivity index (χ2v) is 8.99. The van der Waals surface area contributed by atoms with Crippen LogP contribution in [0.5, 0.6) is 0 Å². The topological polar surface area (TPSA) is 61.4 Å². The van der Waals surface area contributed by atoms with Crippen molar-refractivity contribution in [2.75, 3.05) is 16.8 Å². The summed E-state index contributed by atoms with van der Waals surface area (Å²) < 4.78 is 39.2. The number of carbonyl (C=O) groups excluding carboxylic acids is 2. The van der Waals surface area contributed by atoms with E-state index >= 15 is 0 Å². The van der Waals surface area contributed by atoms with Gasteiger partial charge in [-0.2, -0.15) is 13.2 Å². The Hall–Kier alpha value is -3.81. The highest BCUT2D eigenvalue weighted by molar-refractivity contribution is 6.06. The molecule has 1 unspecified atom stereocenters. The Balaban J connectivity index is 1.63. The molecule has 3 aromatic rings. The summed E-state index contributed by atoms with van der Waals surface area (Å²) in [4.78, 5) is 28.1. The maximum Gasteiger partial charge on any atom is 0.416 e. The van der Waals surface area contributed by atoms with Gasteiger partial charge in [-0.15, -0.1) is 0 Å². The normalized spacial score (nSPS) is 14.1. The van der Waals surface area contributed by atoms with E-state index in [-0.39, 0.29) is 17.5 Å².